The minimum Gasteiger partial charge on any atom is -0.455 e. The van der Waals surface area contributed by atoms with Crippen LogP contribution in [0.1, 0.15) is 50.1 Å². The Bertz CT molecular complexity index is 878. The summed E-state index contributed by atoms with van der Waals surface area (Å²) in [5.74, 6) is 2.30. The summed E-state index contributed by atoms with van der Waals surface area (Å²) < 4.78 is 6.66. The molecule has 4 aliphatic rings. The molecule has 4 aliphatic carbocycles. The van der Waals surface area contributed by atoms with Gasteiger partial charge >= 0.3 is 5.97 Å². The maximum atomic E-state index is 12.8. The topological polar surface area (TPSA) is 59.5 Å². The highest BCUT2D eigenvalue weighted by molar-refractivity contribution is 7.18. The van der Waals surface area contributed by atoms with Crippen LogP contribution in [0.2, 0.25) is 0 Å². The van der Waals surface area contributed by atoms with Crippen LogP contribution in [0.5, 0.6) is 0 Å². The van der Waals surface area contributed by atoms with E-state index in [1.54, 1.807) is 23.3 Å². The van der Waals surface area contributed by atoms with E-state index >= 15 is 0 Å². The highest BCUT2D eigenvalue weighted by Crippen LogP contribution is 2.56. The van der Waals surface area contributed by atoms with Gasteiger partial charge in [-0.15, -0.1) is 11.3 Å². The normalized spacial score (nSPS) is 31.0. The van der Waals surface area contributed by atoms with E-state index in [0.29, 0.717) is 11.8 Å². The summed E-state index contributed by atoms with van der Waals surface area (Å²) in [6.07, 6.45) is 6.07. The minimum atomic E-state index is -0.173. The summed E-state index contributed by atoms with van der Waals surface area (Å²) in [4.78, 5) is 31.8. The van der Waals surface area contributed by atoms with Crippen molar-refractivity contribution in [1.82, 2.24) is 9.88 Å². The third-order valence-electron chi connectivity index (χ3n) is 7.48. The molecule has 0 N–H and O–H groups in total. The van der Waals surface area contributed by atoms with Crippen molar-refractivity contribution in [1.29, 1.82) is 0 Å². The van der Waals surface area contributed by atoms with Crippen molar-refractivity contribution in [2.45, 2.75) is 45.1 Å². The van der Waals surface area contributed by atoms with E-state index in [9.17, 15) is 9.59 Å². The molecule has 0 unspecified atom stereocenters. The number of hydrogen-bond donors (Lipinski definition) is 0. The average molecular weight is 413 g/mol. The van der Waals surface area contributed by atoms with Crippen molar-refractivity contribution in [2.75, 3.05) is 13.7 Å². The second-order valence-corrected chi connectivity index (χ2v) is 10.3. The van der Waals surface area contributed by atoms with Crippen LogP contribution in [-0.2, 0) is 14.3 Å². The van der Waals surface area contributed by atoms with E-state index < -0.39 is 0 Å². The van der Waals surface area contributed by atoms with Gasteiger partial charge in [0.2, 0.25) is 0 Å². The number of carbonyl (C=O) groups is 2. The van der Waals surface area contributed by atoms with Crippen molar-refractivity contribution in [3.05, 3.63) is 29.3 Å². The molecule has 4 bridgehead atoms. The molecule has 1 aromatic heterocycles. The van der Waals surface area contributed by atoms with E-state index in [0.717, 1.165) is 27.1 Å². The highest BCUT2D eigenvalue weighted by atomic mass is 32.1. The number of para-hydroxylation sites is 1. The van der Waals surface area contributed by atoms with Gasteiger partial charge in [0.25, 0.3) is 5.91 Å². The third kappa shape index (κ3) is 3.45. The Kier molecular flexibility index (Phi) is 4.85. The Hall–Kier alpha value is -1.95. The molecule has 4 saturated carbocycles. The Morgan fingerprint density at radius 1 is 1.14 bits per heavy atom. The molecule has 0 saturated heterocycles. The van der Waals surface area contributed by atoms with Crippen LogP contribution in [0.3, 0.4) is 0 Å². The lowest BCUT2D eigenvalue weighted by atomic mass is 9.52. The fraction of sp³-hybridized carbons (Fsp3) is 0.609. The van der Waals surface area contributed by atoms with Crippen LogP contribution in [0.4, 0.5) is 0 Å². The van der Waals surface area contributed by atoms with Gasteiger partial charge in [-0.25, -0.2) is 4.98 Å². The number of aromatic nitrogens is 1. The zero-order valence-corrected chi connectivity index (χ0v) is 17.9. The number of thiazole rings is 1. The first kappa shape index (κ1) is 19.0. The molecule has 1 atom stereocenters. The van der Waals surface area contributed by atoms with E-state index in [1.165, 1.54) is 32.1 Å². The van der Waals surface area contributed by atoms with Gasteiger partial charge in [0.1, 0.15) is 5.01 Å². The van der Waals surface area contributed by atoms with E-state index in [1.807, 2.05) is 31.2 Å². The Morgan fingerprint density at radius 2 is 1.79 bits per heavy atom. The van der Waals surface area contributed by atoms with Crippen LogP contribution in [0.15, 0.2) is 24.3 Å². The second-order valence-electron chi connectivity index (χ2n) is 9.26. The summed E-state index contributed by atoms with van der Waals surface area (Å²) in [6.45, 7) is 1.79. The fourth-order valence-electron chi connectivity index (χ4n) is 6.09. The van der Waals surface area contributed by atoms with Gasteiger partial charge in [0.05, 0.1) is 22.2 Å². The van der Waals surface area contributed by atoms with E-state index in [4.69, 9.17) is 4.74 Å². The summed E-state index contributed by atoms with van der Waals surface area (Å²) in [5.41, 5.74) is 0.952. The molecular formula is C23H28N2O3S. The zero-order chi connectivity index (χ0) is 20.1. The van der Waals surface area contributed by atoms with Crippen molar-refractivity contribution >= 4 is 33.4 Å². The van der Waals surface area contributed by atoms with Crippen LogP contribution in [0.25, 0.3) is 10.2 Å². The summed E-state index contributed by atoms with van der Waals surface area (Å²) in [5, 5.41) is 0.898. The number of benzene rings is 1. The van der Waals surface area contributed by atoms with Crippen LogP contribution < -0.4 is 0 Å². The van der Waals surface area contributed by atoms with Gasteiger partial charge in [-0.05, 0) is 74.8 Å². The van der Waals surface area contributed by atoms with Gasteiger partial charge < -0.3 is 9.64 Å². The smallest absolute Gasteiger partial charge is 0.310 e. The molecule has 6 rings (SSSR count). The largest absolute Gasteiger partial charge is 0.455 e. The maximum absolute atomic E-state index is 12.8. The molecule has 154 valence electrons. The van der Waals surface area contributed by atoms with Crippen LogP contribution >= 0.6 is 11.3 Å². The van der Waals surface area contributed by atoms with Crippen molar-refractivity contribution in [3.63, 3.8) is 0 Å². The lowest BCUT2D eigenvalue weighted by molar-refractivity contribution is -0.166. The lowest BCUT2D eigenvalue weighted by Crippen LogP contribution is -2.48. The number of rotatable bonds is 5. The number of ether oxygens (including phenoxy) is 1. The lowest BCUT2D eigenvalue weighted by Gasteiger charge is -2.53. The number of nitrogens with zero attached hydrogens (tertiary/aromatic N) is 2. The molecule has 1 heterocycles. The van der Waals surface area contributed by atoms with Crippen molar-refractivity contribution in [2.24, 2.45) is 29.6 Å². The predicted octanol–water partition coefficient (Wildman–Crippen LogP) is 4.43. The number of hydrogen-bond acceptors (Lipinski definition) is 5. The van der Waals surface area contributed by atoms with Gasteiger partial charge in [-0.3, -0.25) is 9.59 Å². The fourth-order valence-corrected chi connectivity index (χ4v) is 7.15. The summed E-state index contributed by atoms with van der Waals surface area (Å²) in [7, 11) is 1.76. The first-order valence-electron chi connectivity index (χ1n) is 10.8. The number of fused-ring (bicyclic) bond motifs is 1. The molecule has 0 aliphatic heterocycles. The van der Waals surface area contributed by atoms with Crippen molar-refractivity contribution < 1.29 is 14.3 Å². The number of likely N-dealkylation sites (N-methyl/N-ethyl adjacent to an activating group) is 1. The van der Waals surface area contributed by atoms with Gasteiger partial charge in [-0.2, -0.15) is 0 Å². The highest BCUT2D eigenvalue weighted by Gasteiger charge is 2.51. The van der Waals surface area contributed by atoms with Gasteiger partial charge in [0.15, 0.2) is 6.61 Å². The molecule has 5 nitrogen and oxygen atoms in total. The zero-order valence-electron chi connectivity index (χ0n) is 17.0. The standard InChI is InChI=1S/C23H28N2O3S/c1-13(22-24-18-5-3-4-6-19(18)29-22)25(2)20(26)12-28-23(27)21-16-8-14-7-15(10-16)11-17(21)9-14/h3-6,13-17,21H,7-12H2,1-2H3/t13-,14?,15?,16?,17?,21?/m0/s1. The average Bonchev–Trinajstić information content (AvgIpc) is 3.14. The first-order valence-corrected chi connectivity index (χ1v) is 11.6. The van der Waals surface area contributed by atoms with Gasteiger partial charge in [0, 0.05) is 7.05 Å². The Morgan fingerprint density at radius 3 is 2.45 bits per heavy atom. The van der Waals surface area contributed by atoms with Crippen molar-refractivity contribution in [3.8, 4) is 0 Å². The first-order chi connectivity index (χ1) is 14.0. The monoisotopic (exact) mass is 412 g/mol. The van der Waals surface area contributed by atoms with E-state index in [-0.39, 0.29) is 30.4 Å². The summed E-state index contributed by atoms with van der Waals surface area (Å²) in [6, 6.07) is 7.83. The molecule has 29 heavy (non-hydrogen) atoms. The minimum absolute atomic E-state index is 0.0163. The molecule has 4 fully saturated rings. The second kappa shape index (κ2) is 7.38. The molecular weight excluding hydrogens is 384 g/mol. The quantitative estimate of drug-likeness (QED) is 0.682. The number of amides is 1. The number of esters is 1. The SMILES string of the molecule is C[C@@H](c1nc2ccccc2s1)N(C)C(=O)COC(=O)C1C2CC3CC(C2)CC1C3. The Balaban J connectivity index is 1.19. The molecule has 6 heteroatoms. The van der Waals surface area contributed by atoms with Crippen LogP contribution in [-0.4, -0.2) is 35.4 Å². The molecule has 2 aromatic rings. The van der Waals surface area contributed by atoms with Gasteiger partial charge in [-0.1, -0.05) is 12.1 Å². The molecule has 0 spiro atoms. The predicted molar refractivity (Wildman–Crippen MR) is 112 cm³/mol. The molecule has 1 aromatic carbocycles. The maximum Gasteiger partial charge on any atom is 0.310 e. The summed E-state index contributed by atoms with van der Waals surface area (Å²) >= 11 is 1.60. The molecule has 1 amide bonds. The Labute approximate surface area is 175 Å². The van der Waals surface area contributed by atoms with Crippen LogP contribution in [0, 0.1) is 29.6 Å². The van der Waals surface area contributed by atoms with E-state index in [2.05, 4.69) is 4.98 Å². The third-order valence-corrected chi connectivity index (χ3v) is 8.69. The number of carbonyl (C=O) groups excluding carboxylic acids is 2. The molecule has 0 radical (unpaired) electrons.